The Labute approximate surface area is 101 Å². The number of anilines is 1. The van der Waals surface area contributed by atoms with Gasteiger partial charge in [-0.1, -0.05) is 6.58 Å². The summed E-state index contributed by atoms with van der Waals surface area (Å²) in [6.45, 7) is 8.91. The molecule has 1 aromatic rings. The van der Waals surface area contributed by atoms with E-state index in [1.165, 1.54) is 0 Å². The summed E-state index contributed by atoms with van der Waals surface area (Å²) in [7, 11) is 0. The van der Waals surface area contributed by atoms with Crippen LogP contribution in [0.15, 0.2) is 30.8 Å². The fraction of sp³-hybridized carbons (Fsp3) is 0.308. The maximum atomic E-state index is 11.6. The van der Waals surface area contributed by atoms with Crippen molar-refractivity contribution >= 4 is 17.9 Å². The van der Waals surface area contributed by atoms with Crippen LogP contribution in [0.3, 0.4) is 0 Å². The van der Waals surface area contributed by atoms with Crippen molar-refractivity contribution in [2.75, 3.05) is 5.32 Å². The second-order valence-corrected chi connectivity index (χ2v) is 4.44. The fourth-order valence-corrected chi connectivity index (χ4v) is 1.16. The molecule has 0 saturated heterocycles. The summed E-state index contributed by atoms with van der Waals surface area (Å²) >= 11 is 0. The van der Waals surface area contributed by atoms with Gasteiger partial charge in [0.2, 0.25) is 0 Å². The van der Waals surface area contributed by atoms with Gasteiger partial charge in [-0.3, -0.25) is 10.3 Å². The quantitative estimate of drug-likeness (QED) is 0.796. The van der Waals surface area contributed by atoms with Crippen LogP contribution in [-0.2, 0) is 4.74 Å². The fourth-order valence-electron chi connectivity index (χ4n) is 1.16. The number of hydrogen-bond acceptors (Lipinski definition) is 3. The first-order valence-corrected chi connectivity index (χ1v) is 5.22. The lowest BCUT2D eigenvalue weighted by atomic mass is 10.2. The zero-order valence-electron chi connectivity index (χ0n) is 10.3. The lowest BCUT2D eigenvalue weighted by molar-refractivity contribution is 0.0636. The Hall–Kier alpha value is -2.06. The topological polar surface area (TPSA) is 51.2 Å². The first kappa shape index (κ1) is 13.0. The summed E-state index contributed by atoms with van der Waals surface area (Å²) in [6, 6.07) is 1.69. The molecule has 1 heterocycles. The third-order valence-electron chi connectivity index (χ3n) is 1.75. The van der Waals surface area contributed by atoms with Crippen molar-refractivity contribution in [2.45, 2.75) is 26.4 Å². The smallest absolute Gasteiger partial charge is 0.412 e. The largest absolute Gasteiger partial charge is 0.444 e. The van der Waals surface area contributed by atoms with Gasteiger partial charge in [0.1, 0.15) is 5.60 Å². The molecule has 0 aromatic carbocycles. The highest BCUT2D eigenvalue weighted by atomic mass is 16.6. The van der Waals surface area contributed by atoms with Crippen molar-refractivity contribution in [3.63, 3.8) is 0 Å². The van der Waals surface area contributed by atoms with Gasteiger partial charge in [0.15, 0.2) is 0 Å². The Kier molecular flexibility index (Phi) is 4.07. The van der Waals surface area contributed by atoms with Crippen LogP contribution in [0.1, 0.15) is 26.3 Å². The average molecular weight is 232 g/mol. The van der Waals surface area contributed by atoms with E-state index < -0.39 is 11.7 Å². The number of amides is 1. The zero-order valence-corrected chi connectivity index (χ0v) is 10.3. The summed E-state index contributed by atoms with van der Waals surface area (Å²) < 4.78 is 5.15. The van der Waals surface area contributed by atoms with Gasteiger partial charge in [-0.15, -0.1) is 5.73 Å². The van der Waals surface area contributed by atoms with Crippen molar-refractivity contribution in [1.29, 1.82) is 0 Å². The van der Waals surface area contributed by atoms with E-state index in [1.807, 2.05) is 20.8 Å². The van der Waals surface area contributed by atoms with Crippen molar-refractivity contribution in [2.24, 2.45) is 0 Å². The molecule has 0 bridgehead atoms. The van der Waals surface area contributed by atoms with E-state index in [2.05, 4.69) is 22.6 Å². The van der Waals surface area contributed by atoms with E-state index in [1.54, 1.807) is 24.5 Å². The number of aromatic nitrogens is 1. The van der Waals surface area contributed by atoms with E-state index in [0.29, 0.717) is 5.69 Å². The molecular formula is C13H16N2O2. The van der Waals surface area contributed by atoms with Crippen LogP contribution < -0.4 is 5.32 Å². The molecule has 90 valence electrons. The Morgan fingerprint density at radius 1 is 1.59 bits per heavy atom. The number of carbonyl (C=O) groups excluding carboxylic acids is 1. The van der Waals surface area contributed by atoms with Gasteiger partial charge in [-0.05, 0) is 32.9 Å². The van der Waals surface area contributed by atoms with Crippen molar-refractivity contribution in [3.8, 4) is 0 Å². The van der Waals surface area contributed by atoms with Gasteiger partial charge in [0.25, 0.3) is 0 Å². The normalized spacial score (nSPS) is 10.3. The van der Waals surface area contributed by atoms with Crippen molar-refractivity contribution in [3.05, 3.63) is 36.3 Å². The number of hydrogen-bond donors (Lipinski definition) is 1. The molecule has 0 aliphatic heterocycles. The first-order chi connectivity index (χ1) is 7.92. The molecule has 0 aliphatic rings. The minimum absolute atomic E-state index is 0.498. The SMILES string of the molecule is C=C=Cc1cnccc1NC(=O)OC(C)(C)C. The minimum Gasteiger partial charge on any atom is -0.444 e. The third-order valence-corrected chi connectivity index (χ3v) is 1.75. The molecule has 0 fully saturated rings. The van der Waals surface area contributed by atoms with Crippen LogP contribution in [0.4, 0.5) is 10.5 Å². The lowest BCUT2D eigenvalue weighted by Crippen LogP contribution is -2.27. The monoisotopic (exact) mass is 232 g/mol. The highest BCUT2D eigenvalue weighted by Gasteiger charge is 2.16. The van der Waals surface area contributed by atoms with Gasteiger partial charge >= 0.3 is 6.09 Å². The lowest BCUT2D eigenvalue weighted by Gasteiger charge is -2.20. The number of pyridine rings is 1. The van der Waals surface area contributed by atoms with Gasteiger partial charge in [0, 0.05) is 18.0 Å². The maximum Gasteiger partial charge on any atom is 0.412 e. The number of nitrogens with one attached hydrogen (secondary N) is 1. The van der Waals surface area contributed by atoms with Gasteiger partial charge in [0.05, 0.1) is 5.69 Å². The summed E-state index contributed by atoms with van der Waals surface area (Å²) in [4.78, 5) is 15.5. The molecule has 0 radical (unpaired) electrons. The van der Waals surface area contributed by atoms with E-state index in [-0.39, 0.29) is 0 Å². The van der Waals surface area contributed by atoms with Crippen molar-refractivity contribution in [1.82, 2.24) is 4.98 Å². The predicted molar refractivity (Wildman–Crippen MR) is 67.7 cm³/mol. The number of rotatable bonds is 2. The molecule has 1 rings (SSSR count). The Morgan fingerprint density at radius 3 is 2.88 bits per heavy atom. The molecule has 0 unspecified atom stereocenters. The second kappa shape index (κ2) is 5.32. The number of nitrogens with zero attached hydrogens (tertiary/aromatic N) is 1. The molecule has 1 amide bonds. The Balaban J connectivity index is 2.81. The zero-order chi connectivity index (χ0) is 12.9. The van der Waals surface area contributed by atoms with Crippen LogP contribution in [0.5, 0.6) is 0 Å². The summed E-state index contributed by atoms with van der Waals surface area (Å²) in [5.41, 5.74) is 3.46. The minimum atomic E-state index is -0.522. The molecule has 4 heteroatoms. The molecule has 4 nitrogen and oxygen atoms in total. The van der Waals surface area contributed by atoms with E-state index in [0.717, 1.165) is 5.56 Å². The highest BCUT2D eigenvalue weighted by molar-refractivity contribution is 5.87. The molecule has 17 heavy (non-hydrogen) atoms. The molecule has 0 aliphatic carbocycles. The van der Waals surface area contributed by atoms with Crippen LogP contribution in [0.25, 0.3) is 6.08 Å². The molecule has 0 atom stereocenters. The molecule has 0 saturated carbocycles. The van der Waals surface area contributed by atoms with Gasteiger partial charge < -0.3 is 4.74 Å². The number of carbonyl (C=O) groups is 1. The van der Waals surface area contributed by atoms with E-state index in [9.17, 15) is 4.79 Å². The molecule has 1 N–H and O–H groups in total. The molecule has 0 spiro atoms. The Bertz CT molecular complexity index is 455. The summed E-state index contributed by atoms with van der Waals surface area (Å²) in [6.07, 6.45) is 4.35. The third kappa shape index (κ3) is 4.53. The predicted octanol–water partition coefficient (Wildman–Crippen LogP) is 3.23. The summed E-state index contributed by atoms with van der Waals surface area (Å²) in [5.74, 6) is 0. The standard InChI is InChI=1S/C13H16N2O2/c1-5-6-10-9-14-8-7-11(10)15-12(16)17-13(2,3)4/h6-9H,1H2,2-4H3,(H,14,15,16). The van der Waals surface area contributed by atoms with Crippen LogP contribution in [0, 0.1) is 0 Å². The van der Waals surface area contributed by atoms with Crippen LogP contribution in [0.2, 0.25) is 0 Å². The van der Waals surface area contributed by atoms with Gasteiger partial charge in [-0.2, -0.15) is 0 Å². The van der Waals surface area contributed by atoms with Crippen LogP contribution >= 0.6 is 0 Å². The summed E-state index contributed by atoms with van der Waals surface area (Å²) in [5, 5.41) is 2.65. The molecule has 1 aromatic heterocycles. The van der Waals surface area contributed by atoms with Gasteiger partial charge in [-0.25, -0.2) is 4.79 Å². The second-order valence-electron chi connectivity index (χ2n) is 4.44. The highest BCUT2D eigenvalue weighted by Crippen LogP contribution is 2.16. The van der Waals surface area contributed by atoms with Crippen molar-refractivity contribution < 1.29 is 9.53 Å². The average Bonchev–Trinajstić information content (AvgIpc) is 2.18. The number of ether oxygens (including phenoxy) is 1. The maximum absolute atomic E-state index is 11.6. The van der Waals surface area contributed by atoms with E-state index >= 15 is 0 Å². The van der Waals surface area contributed by atoms with Crippen LogP contribution in [-0.4, -0.2) is 16.7 Å². The molecular weight excluding hydrogens is 216 g/mol. The first-order valence-electron chi connectivity index (χ1n) is 5.22. The van der Waals surface area contributed by atoms with E-state index in [4.69, 9.17) is 4.74 Å². The Morgan fingerprint density at radius 2 is 2.29 bits per heavy atom.